The molecule has 0 unspecified atom stereocenters. The normalized spacial score (nSPS) is 12.0. The molecule has 0 spiro atoms. The molecule has 1 aliphatic heterocycles. The first kappa shape index (κ1) is 55.3. The molecule has 3 amide bonds. The topological polar surface area (TPSA) is 140 Å². The summed E-state index contributed by atoms with van der Waals surface area (Å²) in [5, 5.41) is 17.0. The second-order valence-electron chi connectivity index (χ2n) is 16.0. The zero-order valence-electron chi connectivity index (χ0n) is 39.9. The van der Waals surface area contributed by atoms with Gasteiger partial charge in [0, 0.05) is 59.3 Å². The van der Waals surface area contributed by atoms with Crippen LogP contribution >= 0.6 is 11.6 Å². The molecule has 20 heteroatoms. The van der Waals surface area contributed by atoms with Gasteiger partial charge in [0.05, 0.1) is 13.1 Å². The van der Waals surface area contributed by atoms with Crippen molar-refractivity contribution in [3.05, 3.63) is 130 Å². The van der Waals surface area contributed by atoms with Crippen molar-refractivity contribution in [3.8, 4) is 22.9 Å². The van der Waals surface area contributed by atoms with Crippen LogP contribution in [0.15, 0.2) is 99.8 Å². The maximum Gasteiger partial charge on any atom is 0.324 e. The Labute approximate surface area is 405 Å². The van der Waals surface area contributed by atoms with Gasteiger partial charge in [-0.3, -0.25) is 9.69 Å². The molecule has 0 saturated carbocycles. The van der Waals surface area contributed by atoms with E-state index >= 15 is 4.39 Å². The van der Waals surface area contributed by atoms with Gasteiger partial charge in [-0.2, -0.15) is 17.6 Å². The Hall–Kier alpha value is -6.28. The maximum absolute atomic E-state index is 15.0. The predicted molar refractivity (Wildman–Crippen MR) is 258 cm³/mol. The van der Waals surface area contributed by atoms with Gasteiger partial charge in [-0.05, 0) is 121 Å². The summed E-state index contributed by atoms with van der Waals surface area (Å²) in [7, 11) is 10.1. The number of rotatable bonds is 16. The Bertz CT molecular complexity index is 2460. The van der Waals surface area contributed by atoms with Gasteiger partial charge in [-0.1, -0.05) is 67.9 Å². The number of benzene rings is 4. The van der Waals surface area contributed by atoms with Crippen LogP contribution in [0, 0.1) is 5.82 Å². The zero-order chi connectivity index (χ0) is 50.5. The van der Waals surface area contributed by atoms with Crippen LogP contribution in [0.5, 0.6) is 0 Å². The number of nitrogens with zero attached hydrogens (tertiary/aromatic N) is 9. The molecule has 1 fully saturated rings. The molecule has 1 aliphatic rings. The zero-order valence-corrected chi connectivity index (χ0v) is 40.6. The summed E-state index contributed by atoms with van der Waals surface area (Å²) in [5.41, 5.74) is 4.14. The van der Waals surface area contributed by atoms with E-state index in [2.05, 4.69) is 63.6 Å². The molecule has 2 aromatic heterocycles. The number of likely N-dealkylation sites (N-methyl/N-ethyl adjacent to an activating group) is 2. The molecule has 3 heterocycles. The van der Waals surface area contributed by atoms with Gasteiger partial charge >= 0.3 is 18.9 Å². The van der Waals surface area contributed by atoms with Gasteiger partial charge in [-0.25, -0.2) is 9.18 Å². The molecule has 7 rings (SSSR count). The summed E-state index contributed by atoms with van der Waals surface area (Å²) in [6, 6.07) is 25.4. The summed E-state index contributed by atoms with van der Waals surface area (Å²) >= 11 is 6.38. The highest BCUT2D eigenvalue weighted by molar-refractivity contribution is 6.31. The second kappa shape index (κ2) is 28.3. The summed E-state index contributed by atoms with van der Waals surface area (Å²) in [6.45, 7) is 9.27. The van der Waals surface area contributed by atoms with E-state index in [9.17, 15) is 27.2 Å². The first-order valence-electron chi connectivity index (χ1n) is 22.3. The van der Waals surface area contributed by atoms with Crippen molar-refractivity contribution < 1.29 is 40.4 Å². The Morgan fingerprint density at radius 1 is 0.754 bits per heavy atom. The molecule has 4 aromatic carbocycles. The monoisotopic (exact) mass is 982 g/mol. The minimum absolute atomic E-state index is 0.0324. The first-order chi connectivity index (χ1) is 33.1. The molecule has 0 radical (unpaired) electrons. The third kappa shape index (κ3) is 17.0. The summed E-state index contributed by atoms with van der Waals surface area (Å²) in [5.74, 6) is -2.33. The molecule has 0 atom stereocenters. The number of aryl methyl sites for hydroxylation is 1. The number of nitrogens with one attached hydrogen (secondary N) is 1. The molecule has 0 aliphatic carbocycles. The summed E-state index contributed by atoms with van der Waals surface area (Å²) in [4.78, 5) is 33.9. The molecule has 6 aromatic rings. The lowest BCUT2D eigenvalue weighted by Crippen LogP contribution is -2.41. The van der Waals surface area contributed by atoms with Crippen molar-refractivity contribution >= 4 is 35.4 Å². The number of anilines is 2. The number of amides is 3. The molecular weight excluding hydrogens is 923 g/mol. The van der Waals surface area contributed by atoms with Crippen LogP contribution in [0.1, 0.15) is 68.0 Å². The quantitative estimate of drug-likeness (QED) is 0.0732. The minimum atomic E-state index is -2.91. The van der Waals surface area contributed by atoms with Crippen LogP contribution in [-0.4, -0.2) is 115 Å². The van der Waals surface area contributed by atoms with Gasteiger partial charge < -0.3 is 33.8 Å². The van der Waals surface area contributed by atoms with Crippen molar-refractivity contribution in [2.75, 3.05) is 77.8 Å². The first-order valence-corrected chi connectivity index (χ1v) is 22.6. The van der Waals surface area contributed by atoms with E-state index in [4.69, 9.17) is 20.4 Å². The van der Waals surface area contributed by atoms with E-state index in [1.54, 1.807) is 46.2 Å². The fraction of sp³-hybridized carbons (Fsp3) is 0.388. The third-order valence-electron chi connectivity index (χ3n) is 10.5. The van der Waals surface area contributed by atoms with Gasteiger partial charge in [0.2, 0.25) is 18.2 Å². The average molecular weight is 984 g/mol. The highest BCUT2D eigenvalue weighted by Crippen LogP contribution is 2.30. The number of halogens is 6. The molecule has 1 saturated heterocycles. The number of likely N-dealkylation sites (tertiary alicyclic amines) is 1. The fourth-order valence-corrected chi connectivity index (χ4v) is 6.79. The SMILES string of the molecule is CCN(C)CCN(C)C.CCc1ccc(N(Cc2ccc(-c3nnc(C(F)F)o3)cc2F)C(=O)N2CCCC2)cc1Cl.CNC.O=CN(Cc1ccc(-c2nnc(C(F)F)o2)cc1)c1ccccc1. The lowest BCUT2D eigenvalue weighted by atomic mass is 10.1. The lowest BCUT2D eigenvalue weighted by molar-refractivity contribution is -0.107. The van der Waals surface area contributed by atoms with Crippen molar-refractivity contribution in [3.63, 3.8) is 0 Å². The van der Waals surface area contributed by atoms with E-state index in [1.165, 1.54) is 23.6 Å². The fourth-order valence-electron chi connectivity index (χ4n) is 6.48. The average Bonchev–Trinajstić information content (AvgIpc) is 4.17. The third-order valence-corrected chi connectivity index (χ3v) is 10.8. The van der Waals surface area contributed by atoms with Crippen LogP contribution < -0.4 is 15.1 Å². The van der Waals surface area contributed by atoms with Crippen molar-refractivity contribution in [1.82, 2.24) is 40.4 Å². The Morgan fingerprint density at radius 3 is 1.81 bits per heavy atom. The van der Waals surface area contributed by atoms with Gasteiger partial charge in [0.25, 0.3) is 11.8 Å². The molecule has 372 valence electrons. The number of urea groups is 1. The number of hydrogen-bond donors (Lipinski definition) is 1. The lowest BCUT2D eigenvalue weighted by Gasteiger charge is -2.28. The number of alkyl halides is 4. The Balaban J connectivity index is 0.000000251. The number of para-hydroxylation sites is 1. The molecule has 69 heavy (non-hydrogen) atoms. The molecule has 14 nitrogen and oxygen atoms in total. The van der Waals surface area contributed by atoms with Gasteiger partial charge in [-0.15, -0.1) is 20.4 Å². The second-order valence-corrected chi connectivity index (χ2v) is 16.4. The van der Waals surface area contributed by atoms with E-state index in [1.807, 2.05) is 57.4 Å². The van der Waals surface area contributed by atoms with Crippen molar-refractivity contribution in [2.45, 2.75) is 59.1 Å². The van der Waals surface area contributed by atoms with E-state index in [0.29, 0.717) is 35.9 Å². The van der Waals surface area contributed by atoms with Crippen LogP contribution in [0.25, 0.3) is 22.9 Å². The maximum atomic E-state index is 15.0. The van der Waals surface area contributed by atoms with Crippen LogP contribution in [0.4, 0.5) is 38.1 Å². The number of carbonyl (C=O) groups excluding carboxylic acids is 2. The number of carbonyl (C=O) groups is 2. The summed E-state index contributed by atoms with van der Waals surface area (Å²) in [6.07, 6.45) is -2.36. The molecule has 1 N–H and O–H groups in total. The van der Waals surface area contributed by atoms with E-state index < -0.39 is 30.4 Å². The Morgan fingerprint density at radius 2 is 1.32 bits per heavy atom. The molecule has 0 bridgehead atoms. The van der Waals surface area contributed by atoms with E-state index in [0.717, 1.165) is 61.6 Å². The van der Waals surface area contributed by atoms with Crippen LogP contribution in [-0.2, 0) is 24.3 Å². The van der Waals surface area contributed by atoms with Gasteiger partial charge in [0.1, 0.15) is 5.82 Å². The van der Waals surface area contributed by atoms with Crippen molar-refractivity contribution in [1.29, 1.82) is 0 Å². The minimum Gasteiger partial charge on any atom is -0.415 e. The van der Waals surface area contributed by atoms with Gasteiger partial charge in [0.15, 0.2) is 0 Å². The van der Waals surface area contributed by atoms with Crippen LogP contribution in [0.3, 0.4) is 0 Å². The highest BCUT2D eigenvalue weighted by atomic mass is 35.5. The number of aromatic nitrogens is 4. The summed E-state index contributed by atoms with van der Waals surface area (Å²) < 4.78 is 75.1. The molecular formula is C49H60ClF5N10O4. The highest BCUT2D eigenvalue weighted by Gasteiger charge is 2.27. The Kier molecular flexibility index (Phi) is 22.7. The standard InChI is InChI=1S/C23H22ClF3N4O2.C17H13F2N3O2.C7H18N2.C2H7N/c1-2-14-7-8-17(12-18(14)24)31(23(32)30-9-3-4-10-30)13-16-6-5-15(11-19(16)25)21-28-29-22(33-21)20(26)27;18-15(19)17-21-20-16(24-17)13-8-6-12(7-9-13)10-22(11-23)14-4-2-1-3-5-14;1-5-9(4)7-6-8(2)3;1-3-2/h5-8,11-12,20H,2-4,9-10,13H2,1H3;1-9,11,15H,10H2;5-7H2,1-4H3;3H,1-2H3. The smallest absolute Gasteiger partial charge is 0.324 e. The largest absolute Gasteiger partial charge is 0.415 e. The predicted octanol–water partition coefficient (Wildman–Crippen LogP) is 10.4. The van der Waals surface area contributed by atoms with Crippen LogP contribution in [0.2, 0.25) is 5.02 Å². The van der Waals surface area contributed by atoms with Crippen molar-refractivity contribution in [2.24, 2.45) is 0 Å². The van der Waals surface area contributed by atoms with E-state index in [-0.39, 0.29) is 35.5 Å². The number of hydrogen-bond acceptors (Lipinski definition) is 11.